The second-order valence-electron chi connectivity index (χ2n) is 6.29. The molecule has 0 bridgehead atoms. The topological polar surface area (TPSA) is 101 Å². The lowest BCUT2D eigenvalue weighted by Gasteiger charge is -2.16. The molecule has 138 valence electrons. The van der Waals surface area contributed by atoms with Crippen molar-refractivity contribution in [2.24, 2.45) is 11.7 Å². The average molecular weight is 377 g/mol. The minimum Gasteiger partial charge on any atom is -0.348 e. The maximum atomic E-state index is 12.9. The van der Waals surface area contributed by atoms with E-state index in [1.54, 1.807) is 0 Å². The van der Waals surface area contributed by atoms with Crippen molar-refractivity contribution in [1.29, 1.82) is 0 Å². The number of amides is 1. The molecule has 0 aromatic heterocycles. The zero-order valence-corrected chi connectivity index (χ0v) is 14.8. The number of nitrogens with one attached hydrogen (secondary N) is 2. The van der Waals surface area contributed by atoms with Crippen LogP contribution in [0.4, 0.5) is 10.1 Å². The van der Waals surface area contributed by atoms with E-state index in [9.17, 15) is 17.6 Å². The second-order valence-corrected chi connectivity index (χ2v) is 7.97. The molecule has 0 spiro atoms. The Labute approximate surface area is 151 Å². The smallest absolute Gasteiger partial charge is 0.261 e. The summed E-state index contributed by atoms with van der Waals surface area (Å²) in [5.41, 5.74) is 6.30. The van der Waals surface area contributed by atoms with Gasteiger partial charge in [-0.25, -0.2) is 12.8 Å². The van der Waals surface area contributed by atoms with Crippen molar-refractivity contribution in [3.63, 3.8) is 0 Å². The summed E-state index contributed by atoms with van der Waals surface area (Å²) in [6.07, 6.45) is 2.13. The molecular weight excluding hydrogens is 357 g/mol. The monoisotopic (exact) mass is 377 g/mol. The van der Waals surface area contributed by atoms with E-state index in [0.29, 0.717) is 18.0 Å². The number of rotatable bonds is 7. The molecule has 8 heteroatoms. The van der Waals surface area contributed by atoms with E-state index in [0.717, 1.165) is 12.8 Å². The molecule has 1 fully saturated rings. The standard InChI is InChI=1S/C18H20FN3O3S/c19-14-5-7-15(8-6-14)22-26(24,25)16-9-3-13(4-10-16)18(23)21-17(11-20)12-1-2-12/h3-10,12,17,22H,1-2,11,20H2,(H,21,23). The maximum absolute atomic E-state index is 12.9. The number of nitrogens with two attached hydrogens (primary N) is 1. The molecule has 1 saturated carbocycles. The second kappa shape index (κ2) is 7.43. The Morgan fingerprint density at radius 3 is 2.27 bits per heavy atom. The first-order valence-corrected chi connectivity index (χ1v) is 9.77. The van der Waals surface area contributed by atoms with E-state index in [1.807, 2.05) is 0 Å². The zero-order chi connectivity index (χ0) is 18.7. The van der Waals surface area contributed by atoms with Crippen molar-refractivity contribution in [3.05, 3.63) is 59.9 Å². The Morgan fingerprint density at radius 1 is 1.12 bits per heavy atom. The first kappa shape index (κ1) is 18.3. The number of carbonyl (C=O) groups is 1. The molecule has 1 aliphatic rings. The van der Waals surface area contributed by atoms with Gasteiger partial charge < -0.3 is 11.1 Å². The van der Waals surface area contributed by atoms with E-state index in [1.165, 1.54) is 48.5 Å². The van der Waals surface area contributed by atoms with E-state index in [-0.39, 0.29) is 22.5 Å². The molecule has 0 saturated heterocycles. The summed E-state index contributed by atoms with van der Waals surface area (Å²) in [4.78, 5) is 12.3. The van der Waals surface area contributed by atoms with Crippen LogP contribution in [0.1, 0.15) is 23.2 Å². The van der Waals surface area contributed by atoms with Gasteiger partial charge in [0, 0.05) is 23.8 Å². The minimum atomic E-state index is -3.82. The normalized spacial score (nSPS) is 15.3. The van der Waals surface area contributed by atoms with Gasteiger partial charge in [0.2, 0.25) is 0 Å². The lowest BCUT2D eigenvalue weighted by molar-refractivity contribution is 0.0933. The maximum Gasteiger partial charge on any atom is 0.261 e. The fourth-order valence-electron chi connectivity index (χ4n) is 2.64. The Kier molecular flexibility index (Phi) is 5.24. The van der Waals surface area contributed by atoms with Crippen molar-refractivity contribution in [2.45, 2.75) is 23.8 Å². The fourth-order valence-corrected chi connectivity index (χ4v) is 3.70. The highest BCUT2D eigenvalue weighted by Gasteiger charge is 2.31. The first-order chi connectivity index (χ1) is 12.4. The summed E-state index contributed by atoms with van der Waals surface area (Å²) in [5, 5.41) is 2.88. The SMILES string of the molecule is NCC(NC(=O)c1ccc(S(=O)(=O)Nc2ccc(F)cc2)cc1)C1CC1. The van der Waals surface area contributed by atoms with Gasteiger partial charge in [-0.15, -0.1) is 0 Å². The Morgan fingerprint density at radius 2 is 1.73 bits per heavy atom. The highest BCUT2D eigenvalue weighted by Crippen LogP contribution is 2.32. The van der Waals surface area contributed by atoms with Gasteiger partial charge in [-0.1, -0.05) is 0 Å². The van der Waals surface area contributed by atoms with Gasteiger partial charge in [-0.2, -0.15) is 0 Å². The van der Waals surface area contributed by atoms with Gasteiger partial charge >= 0.3 is 0 Å². The molecule has 0 radical (unpaired) electrons. The summed E-state index contributed by atoms with van der Waals surface area (Å²) in [7, 11) is -3.82. The number of carbonyl (C=O) groups excluding carboxylic acids is 1. The number of benzene rings is 2. The fraction of sp³-hybridized carbons (Fsp3) is 0.278. The summed E-state index contributed by atoms with van der Waals surface area (Å²) in [6, 6.07) is 10.6. The van der Waals surface area contributed by atoms with Gasteiger partial charge in [0.1, 0.15) is 5.82 Å². The average Bonchev–Trinajstić information content (AvgIpc) is 3.46. The highest BCUT2D eigenvalue weighted by molar-refractivity contribution is 7.92. The quantitative estimate of drug-likeness (QED) is 0.688. The van der Waals surface area contributed by atoms with E-state index in [4.69, 9.17) is 5.73 Å². The Balaban J connectivity index is 1.69. The summed E-state index contributed by atoms with van der Waals surface area (Å²) >= 11 is 0. The summed E-state index contributed by atoms with van der Waals surface area (Å²) in [5.74, 6) is -0.295. The van der Waals surface area contributed by atoms with E-state index < -0.39 is 15.8 Å². The highest BCUT2D eigenvalue weighted by atomic mass is 32.2. The third-order valence-corrected chi connectivity index (χ3v) is 5.68. The molecule has 3 rings (SSSR count). The molecule has 1 aliphatic carbocycles. The predicted octanol–water partition coefficient (Wildman–Crippen LogP) is 2.09. The molecule has 1 atom stereocenters. The molecule has 2 aromatic carbocycles. The van der Waals surface area contributed by atoms with Crippen molar-refractivity contribution in [2.75, 3.05) is 11.3 Å². The third-order valence-electron chi connectivity index (χ3n) is 4.28. The zero-order valence-electron chi connectivity index (χ0n) is 14.0. The summed E-state index contributed by atoms with van der Waals surface area (Å²) < 4.78 is 40.0. The molecule has 0 heterocycles. The van der Waals surface area contributed by atoms with Crippen molar-refractivity contribution in [3.8, 4) is 0 Å². The Bertz CT molecular complexity index is 879. The number of hydrogen-bond acceptors (Lipinski definition) is 4. The van der Waals surface area contributed by atoms with Crippen LogP contribution in [0.3, 0.4) is 0 Å². The number of hydrogen-bond donors (Lipinski definition) is 3. The lowest BCUT2D eigenvalue weighted by Crippen LogP contribution is -2.41. The van der Waals surface area contributed by atoms with E-state index in [2.05, 4.69) is 10.0 Å². The van der Waals surface area contributed by atoms with Crippen LogP contribution in [-0.4, -0.2) is 26.9 Å². The molecule has 2 aromatic rings. The minimum absolute atomic E-state index is 0.0101. The van der Waals surface area contributed by atoms with Crippen LogP contribution in [0.15, 0.2) is 53.4 Å². The molecule has 1 amide bonds. The van der Waals surface area contributed by atoms with Crippen LogP contribution < -0.4 is 15.8 Å². The first-order valence-electron chi connectivity index (χ1n) is 8.28. The Hall–Kier alpha value is -2.45. The molecule has 4 N–H and O–H groups in total. The van der Waals surface area contributed by atoms with Gasteiger partial charge in [0.25, 0.3) is 15.9 Å². The van der Waals surface area contributed by atoms with Crippen LogP contribution in [0.5, 0.6) is 0 Å². The van der Waals surface area contributed by atoms with Gasteiger partial charge in [-0.05, 0) is 67.3 Å². The molecule has 0 aliphatic heterocycles. The van der Waals surface area contributed by atoms with Crippen LogP contribution in [0, 0.1) is 11.7 Å². The molecule has 26 heavy (non-hydrogen) atoms. The third kappa shape index (κ3) is 4.39. The number of sulfonamides is 1. The molecular formula is C18H20FN3O3S. The van der Waals surface area contributed by atoms with Crippen molar-refractivity contribution >= 4 is 21.6 Å². The molecule has 1 unspecified atom stereocenters. The van der Waals surface area contributed by atoms with Crippen LogP contribution in [-0.2, 0) is 10.0 Å². The van der Waals surface area contributed by atoms with E-state index >= 15 is 0 Å². The predicted molar refractivity (Wildman–Crippen MR) is 96.7 cm³/mol. The largest absolute Gasteiger partial charge is 0.348 e. The van der Waals surface area contributed by atoms with Crippen molar-refractivity contribution < 1.29 is 17.6 Å². The number of halogens is 1. The van der Waals surface area contributed by atoms with Gasteiger partial charge in [0.15, 0.2) is 0 Å². The van der Waals surface area contributed by atoms with Gasteiger partial charge in [0.05, 0.1) is 4.90 Å². The van der Waals surface area contributed by atoms with Crippen LogP contribution in [0.2, 0.25) is 0 Å². The van der Waals surface area contributed by atoms with Crippen molar-refractivity contribution in [1.82, 2.24) is 5.32 Å². The van der Waals surface area contributed by atoms with Gasteiger partial charge in [-0.3, -0.25) is 9.52 Å². The number of anilines is 1. The van der Waals surface area contributed by atoms with Crippen LogP contribution >= 0.6 is 0 Å². The van der Waals surface area contributed by atoms with Crippen LogP contribution in [0.25, 0.3) is 0 Å². The molecule has 6 nitrogen and oxygen atoms in total. The lowest BCUT2D eigenvalue weighted by atomic mass is 10.1. The summed E-state index contributed by atoms with van der Waals surface area (Å²) in [6.45, 7) is 0.379.